The Labute approximate surface area is 193 Å². The monoisotopic (exact) mass is 451 g/mol. The van der Waals surface area contributed by atoms with E-state index in [-0.39, 0.29) is 11.2 Å². The quantitative estimate of drug-likeness (QED) is 0.511. The number of halogens is 1. The highest BCUT2D eigenvalue weighted by Crippen LogP contribution is 2.36. The summed E-state index contributed by atoms with van der Waals surface area (Å²) in [6.07, 6.45) is 1.83. The molecule has 3 aromatic rings. The third-order valence-corrected chi connectivity index (χ3v) is 7.03. The van der Waals surface area contributed by atoms with Crippen LogP contribution < -0.4 is 0 Å². The lowest BCUT2D eigenvalue weighted by molar-refractivity contribution is -0.130. The molecule has 0 saturated carbocycles. The second kappa shape index (κ2) is 10.8. The Morgan fingerprint density at radius 1 is 0.903 bits per heavy atom. The van der Waals surface area contributed by atoms with E-state index in [0.29, 0.717) is 5.75 Å². The summed E-state index contributed by atoms with van der Waals surface area (Å²) < 4.78 is 0. The minimum atomic E-state index is 0.105. The number of benzene rings is 2. The number of hydrogen-bond acceptors (Lipinski definition) is 4. The van der Waals surface area contributed by atoms with Crippen molar-refractivity contribution >= 4 is 29.3 Å². The van der Waals surface area contributed by atoms with Gasteiger partial charge in [-0.25, -0.2) is 0 Å². The number of hydrogen-bond donors (Lipinski definition) is 0. The molecule has 160 valence electrons. The standard InChI is InChI=1S/C25H26ClN3OS/c26-22-11-9-21(10-12-22)25(20-6-2-1-3-7-20)31-19-24(30)29-16-14-28(15-17-29)18-23-8-4-5-13-27-23/h1-13,25H,14-19H2. The molecule has 4 rings (SSSR count). The lowest BCUT2D eigenvalue weighted by Crippen LogP contribution is -2.48. The predicted molar refractivity (Wildman–Crippen MR) is 128 cm³/mol. The number of pyridine rings is 1. The predicted octanol–water partition coefficient (Wildman–Crippen LogP) is 4.90. The first-order chi connectivity index (χ1) is 15.2. The second-order valence-corrected chi connectivity index (χ2v) is 9.16. The van der Waals surface area contributed by atoms with Crippen molar-refractivity contribution in [2.45, 2.75) is 11.8 Å². The zero-order chi connectivity index (χ0) is 21.5. The molecule has 1 amide bonds. The summed E-state index contributed by atoms with van der Waals surface area (Å²) in [6.45, 7) is 4.13. The van der Waals surface area contributed by atoms with Crippen LogP contribution in [0.4, 0.5) is 0 Å². The van der Waals surface area contributed by atoms with E-state index in [0.717, 1.165) is 49.0 Å². The molecule has 4 nitrogen and oxygen atoms in total. The summed E-state index contributed by atoms with van der Waals surface area (Å²) in [4.78, 5) is 21.7. The zero-order valence-electron chi connectivity index (χ0n) is 17.4. The fourth-order valence-corrected chi connectivity index (χ4v) is 5.09. The van der Waals surface area contributed by atoms with Crippen molar-refractivity contribution in [2.75, 3.05) is 31.9 Å². The molecule has 1 atom stereocenters. The Kier molecular flexibility index (Phi) is 7.62. The molecule has 2 aromatic carbocycles. The van der Waals surface area contributed by atoms with Crippen LogP contribution >= 0.6 is 23.4 Å². The molecule has 31 heavy (non-hydrogen) atoms. The molecule has 1 aliphatic heterocycles. The van der Waals surface area contributed by atoms with Gasteiger partial charge in [-0.15, -0.1) is 11.8 Å². The van der Waals surface area contributed by atoms with E-state index in [9.17, 15) is 4.79 Å². The first kappa shape index (κ1) is 21.9. The van der Waals surface area contributed by atoms with Gasteiger partial charge in [-0.3, -0.25) is 14.7 Å². The van der Waals surface area contributed by atoms with Gasteiger partial charge in [-0.2, -0.15) is 0 Å². The van der Waals surface area contributed by atoms with Crippen LogP contribution in [-0.4, -0.2) is 52.6 Å². The number of carbonyl (C=O) groups is 1. The molecule has 1 aliphatic rings. The van der Waals surface area contributed by atoms with E-state index in [1.165, 1.54) is 5.56 Å². The van der Waals surface area contributed by atoms with Gasteiger partial charge in [0, 0.05) is 43.9 Å². The number of piperazine rings is 1. The first-order valence-electron chi connectivity index (χ1n) is 10.5. The fourth-order valence-electron chi connectivity index (χ4n) is 3.77. The molecule has 0 bridgehead atoms. The number of rotatable bonds is 7. The normalized spacial score (nSPS) is 15.6. The van der Waals surface area contributed by atoms with E-state index in [2.05, 4.69) is 28.1 Å². The minimum Gasteiger partial charge on any atom is -0.339 e. The maximum Gasteiger partial charge on any atom is 0.232 e. The van der Waals surface area contributed by atoms with Gasteiger partial charge >= 0.3 is 0 Å². The van der Waals surface area contributed by atoms with Crippen molar-refractivity contribution in [3.8, 4) is 0 Å². The highest BCUT2D eigenvalue weighted by molar-refractivity contribution is 8.00. The van der Waals surface area contributed by atoms with Gasteiger partial charge in [0.15, 0.2) is 0 Å². The number of aromatic nitrogens is 1. The molecule has 6 heteroatoms. The van der Waals surface area contributed by atoms with E-state index in [1.54, 1.807) is 11.8 Å². The Morgan fingerprint density at radius 2 is 1.58 bits per heavy atom. The Hall–Kier alpha value is -2.34. The zero-order valence-corrected chi connectivity index (χ0v) is 18.9. The van der Waals surface area contributed by atoms with Gasteiger partial charge in [0.1, 0.15) is 0 Å². The number of carbonyl (C=O) groups excluding carboxylic acids is 1. The van der Waals surface area contributed by atoms with Crippen LogP contribution in [0.3, 0.4) is 0 Å². The Morgan fingerprint density at radius 3 is 2.26 bits per heavy atom. The molecule has 1 fully saturated rings. The molecule has 0 aliphatic carbocycles. The summed E-state index contributed by atoms with van der Waals surface area (Å²) in [7, 11) is 0. The maximum atomic E-state index is 12.9. The molecular weight excluding hydrogens is 426 g/mol. The van der Waals surface area contributed by atoms with E-state index in [1.807, 2.05) is 65.7 Å². The molecule has 0 radical (unpaired) electrons. The van der Waals surface area contributed by atoms with Crippen molar-refractivity contribution < 1.29 is 4.79 Å². The second-order valence-electron chi connectivity index (χ2n) is 7.63. The van der Waals surface area contributed by atoms with Crippen molar-refractivity contribution in [1.82, 2.24) is 14.8 Å². The highest BCUT2D eigenvalue weighted by Gasteiger charge is 2.23. The van der Waals surface area contributed by atoms with Crippen LogP contribution in [0.2, 0.25) is 5.02 Å². The molecule has 1 unspecified atom stereocenters. The largest absolute Gasteiger partial charge is 0.339 e. The van der Waals surface area contributed by atoms with E-state index < -0.39 is 0 Å². The number of thioether (sulfide) groups is 1. The summed E-state index contributed by atoms with van der Waals surface area (Å²) in [5, 5.41) is 0.827. The molecule has 2 heterocycles. The molecule has 1 saturated heterocycles. The molecule has 0 spiro atoms. The minimum absolute atomic E-state index is 0.105. The van der Waals surface area contributed by atoms with Crippen LogP contribution in [0.25, 0.3) is 0 Å². The summed E-state index contributed by atoms with van der Waals surface area (Å²) in [5.41, 5.74) is 3.43. The van der Waals surface area contributed by atoms with Gasteiger partial charge in [0.25, 0.3) is 0 Å². The average Bonchev–Trinajstić information content (AvgIpc) is 2.82. The molecule has 1 aromatic heterocycles. The number of nitrogens with zero attached hydrogens (tertiary/aromatic N) is 3. The lowest BCUT2D eigenvalue weighted by atomic mass is 10.0. The maximum absolute atomic E-state index is 12.9. The smallest absolute Gasteiger partial charge is 0.232 e. The Balaban J connectivity index is 1.33. The van der Waals surface area contributed by atoms with E-state index in [4.69, 9.17) is 11.6 Å². The third-order valence-electron chi connectivity index (χ3n) is 5.49. The Bertz CT molecular complexity index is 961. The first-order valence-corrected chi connectivity index (χ1v) is 11.9. The third kappa shape index (κ3) is 6.10. The van der Waals surface area contributed by atoms with Crippen LogP contribution in [0, 0.1) is 0 Å². The summed E-state index contributed by atoms with van der Waals surface area (Å²) in [6, 6.07) is 24.3. The van der Waals surface area contributed by atoms with Gasteiger partial charge in [-0.05, 0) is 35.4 Å². The van der Waals surface area contributed by atoms with Crippen molar-refractivity contribution in [3.63, 3.8) is 0 Å². The van der Waals surface area contributed by atoms with Crippen LogP contribution in [0.1, 0.15) is 22.1 Å². The van der Waals surface area contributed by atoms with Gasteiger partial charge < -0.3 is 4.90 Å². The topological polar surface area (TPSA) is 36.4 Å². The SMILES string of the molecule is O=C(CSC(c1ccccc1)c1ccc(Cl)cc1)N1CCN(Cc2ccccn2)CC1. The van der Waals surface area contributed by atoms with Crippen molar-refractivity contribution in [2.24, 2.45) is 0 Å². The van der Waals surface area contributed by atoms with Crippen LogP contribution in [-0.2, 0) is 11.3 Å². The number of amides is 1. The molecule has 0 N–H and O–H groups in total. The summed E-state index contributed by atoms with van der Waals surface area (Å²) in [5.74, 6) is 0.667. The van der Waals surface area contributed by atoms with Gasteiger partial charge in [-0.1, -0.05) is 60.1 Å². The summed E-state index contributed by atoms with van der Waals surface area (Å²) >= 11 is 7.76. The van der Waals surface area contributed by atoms with E-state index >= 15 is 0 Å². The lowest BCUT2D eigenvalue weighted by Gasteiger charge is -2.34. The van der Waals surface area contributed by atoms with Crippen molar-refractivity contribution in [3.05, 3.63) is 101 Å². The molecular formula is C25H26ClN3OS. The van der Waals surface area contributed by atoms with Gasteiger partial charge in [0.2, 0.25) is 5.91 Å². The fraction of sp³-hybridized carbons (Fsp3) is 0.280. The van der Waals surface area contributed by atoms with Crippen LogP contribution in [0.15, 0.2) is 79.0 Å². The van der Waals surface area contributed by atoms with Crippen molar-refractivity contribution in [1.29, 1.82) is 0 Å². The average molecular weight is 452 g/mol. The highest BCUT2D eigenvalue weighted by atomic mass is 35.5. The van der Waals surface area contributed by atoms with Crippen LogP contribution in [0.5, 0.6) is 0 Å². The van der Waals surface area contributed by atoms with Gasteiger partial charge in [0.05, 0.1) is 16.7 Å².